The van der Waals surface area contributed by atoms with Crippen LogP contribution >= 0.6 is 24.8 Å². The van der Waals surface area contributed by atoms with E-state index in [4.69, 9.17) is 10.5 Å². The predicted octanol–water partition coefficient (Wildman–Crippen LogP) is 1.96. The fourth-order valence-electron chi connectivity index (χ4n) is 2.86. The summed E-state index contributed by atoms with van der Waals surface area (Å²) in [7, 11) is 4.09. The van der Waals surface area contributed by atoms with E-state index in [1.54, 1.807) is 0 Å². The quantitative estimate of drug-likeness (QED) is 0.794. The summed E-state index contributed by atoms with van der Waals surface area (Å²) in [5, 5.41) is 3.05. The molecule has 0 saturated carbocycles. The number of nitrogens with one attached hydrogen (secondary N) is 1. The molecule has 1 aromatic rings. The lowest BCUT2D eigenvalue weighted by atomic mass is 9.79. The first-order valence-electron chi connectivity index (χ1n) is 7.84. The van der Waals surface area contributed by atoms with Crippen molar-refractivity contribution < 1.29 is 9.53 Å². The number of ether oxygens (including phenoxy) is 1. The Kier molecular flexibility index (Phi) is 10.5. The van der Waals surface area contributed by atoms with Gasteiger partial charge >= 0.3 is 0 Å². The minimum atomic E-state index is -0.459. The fraction of sp³-hybridized carbons (Fsp3) is 0.588. The minimum absolute atomic E-state index is 0. The molecule has 0 aliphatic carbocycles. The third kappa shape index (κ3) is 6.22. The summed E-state index contributed by atoms with van der Waals surface area (Å²) in [6.45, 7) is 3.04. The highest BCUT2D eigenvalue weighted by molar-refractivity contribution is 5.85. The molecule has 3 N–H and O–H groups in total. The standard InChI is InChI=1S/C17H27N3O2.2ClH/c1-20(2)12-15-5-3-4-14(10-15)11-19-16(21)17(13-18)6-8-22-9-7-17;;/h3-5,10H,6-9,11-13,18H2,1-2H3,(H,19,21);2*1H. The van der Waals surface area contributed by atoms with Gasteiger partial charge in [0.05, 0.1) is 5.41 Å². The van der Waals surface area contributed by atoms with Crippen molar-refractivity contribution in [3.05, 3.63) is 35.4 Å². The van der Waals surface area contributed by atoms with Crippen molar-refractivity contribution in [3.8, 4) is 0 Å². The number of rotatable bonds is 6. The maximum absolute atomic E-state index is 12.5. The molecule has 1 fully saturated rings. The summed E-state index contributed by atoms with van der Waals surface area (Å²) in [4.78, 5) is 14.7. The van der Waals surface area contributed by atoms with Crippen LogP contribution in [-0.2, 0) is 22.6 Å². The van der Waals surface area contributed by atoms with E-state index in [2.05, 4.69) is 22.3 Å². The van der Waals surface area contributed by atoms with Gasteiger partial charge in [-0.3, -0.25) is 4.79 Å². The molecule has 1 aliphatic heterocycles. The Bertz CT molecular complexity index is 506. The lowest BCUT2D eigenvalue weighted by Gasteiger charge is -2.34. The van der Waals surface area contributed by atoms with E-state index in [9.17, 15) is 4.79 Å². The number of carbonyl (C=O) groups is 1. The number of nitrogens with two attached hydrogens (primary N) is 1. The van der Waals surface area contributed by atoms with Crippen molar-refractivity contribution in [2.24, 2.45) is 11.1 Å². The van der Waals surface area contributed by atoms with E-state index in [1.807, 2.05) is 26.2 Å². The highest BCUT2D eigenvalue weighted by atomic mass is 35.5. The summed E-state index contributed by atoms with van der Waals surface area (Å²) in [6.07, 6.45) is 1.41. The highest BCUT2D eigenvalue weighted by Gasteiger charge is 2.38. The number of hydrogen-bond donors (Lipinski definition) is 2. The summed E-state index contributed by atoms with van der Waals surface area (Å²) in [5.74, 6) is 0.0521. The molecule has 0 atom stereocenters. The van der Waals surface area contributed by atoms with Crippen LogP contribution in [-0.4, -0.2) is 44.7 Å². The molecular formula is C17H29Cl2N3O2. The van der Waals surface area contributed by atoms with Gasteiger partial charge in [-0.2, -0.15) is 0 Å². The second-order valence-corrected chi connectivity index (χ2v) is 6.34. The lowest BCUT2D eigenvalue weighted by molar-refractivity contribution is -0.136. The van der Waals surface area contributed by atoms with Gasteiger partial charge in [0.15, 0.2) is 0 Å². The Balaban J connectivity index is 0.00000264. The first kappa shape index (κ1) is 23.1. The van der Waals surface area contributed by atoms with Gasteiger partial charge in [0.1, 0.15) is 0 Å². The molecule has 1 heterocycles. The molecule has 2 rings (SSSR count). The first-order valence-corrected chi connectivity index (χ1v) is 7.84. The third-order valence-corrected chi connectivity index (χ3v) is 4.27. The van der Waals surface area contributed by atoms with Gasteiger partial charge in [-0.25, -0.2) is 0 Å². The Morgan fingerprint density at radius 3 is 2.46 bits per heavy atom. The number of nitrogens with zero attached hydrogens (tertiary/aromatic N) is 1. The van der Waals surface area contributed by atoms with Crippen LogP contribution < -0.4 is 11.1 Å². The van der Waals surface area contributed by atoms with Crippen LogP contribution in [0.25, 0.3) is 0 Å². The Morgan fingerprint density at radius 1 is 1.25 bits per heavy atom. The van der Waals surface area contributed by atoms with Crippen LogP contribution in [0.4, 0.5) is 0 Å². The zero-order chi connectivity index (χ0) is 16.0. The molecule has 0 spiro atoms. The summed E-state index contributed by atoms with van der Waals surface area (Å²) >= 11 is 0. The van der Waals surface area contributed by atoms with E-state index in [0.717, 1.165) is 12.1 Å². The van der Waals surface area contributed by atoms with E-state index < -0.39 is 5.41 Å². The SMILES string of the molecule is CN(C)Cc1cccc(CNC(=O)C2(CN)CCOCC2)c1.Cl.Cl. The molecule has 0 bridgehead atoms. The van der Waals surface area contributed by atoms with Crippen LogP contribution in [0.5, 0.6) is 0 Å². The molecular weight excluding hydrogens is 349 g/mol. The number of amides is 1. The van der Waals surface area contributed by atoms with E-state index in [-0.39, 0.29) is 30.7 Å². The third-order valence-electron chi connectivity index (χ3n) is 4.27. The molecule has 0 radical (unpaired) electrons. The molecule has 24 heavy (non-hydrogen) atoms. The Hall–Kier alpha value is -0.850. The molecule has 138 valence electrons. The van der Waals surface area contributed by atoms with Gasteiger partial charge in [0.2, 0.25) is 5.91 Å². The normalized spacial score (nSPS) is 16.0. The maximum atomic E-state index is 12.5. The fourth-order valence-corrected chi connectivity index (χ4v) is 2.86. The average molecular weight is 378 g/mol. The Morgan fingerprint density at radius 2 is 1.88 bits per heavy atom. The maximum Gasteiger partial charge on any atom is 0.227 e. The van der Waals surface area contributed by atoms with E-state index >= 15 is 0 Å². The molecule has 0 aromatic heterocycles. The van der Waals surface area contributed by atoms with Gasteiger partial charge in [-0.1, -0.05) is 24.3 Å². The van der Waals surface area contributed by atoms with Crippen molar-refractivity contribution in [1.29, 1.82) is 0 Å². The van der Waals surface area contributed by atoms with Gasteiger partial charge < -0.3 is 20.7 Å². The topological polar surface area (TPSA) is 67.6 Å². The van der Waals surface area contributed by atoms with Crippen LogP contribution in [0.1, 0.15) is 24.0 Å². The second-order valence-electron chi connectivity index (χ2n) is 6.34. The Labute approximate surface area is 157 Å². The van der Waals surface area contributed by atoms with Crippen molar-refractivity contribution >= 4 is 30.7 Å². The smallest absolute Gasteiger partial charge is 0.227 e. The summed E-state index contributed by atoms with van der Waals surface area (Å²) < 4.78 is 5.35. The van der Waals surface area contributed by atoms with Crippen molar-refractivity contribution in [1.82, 2.24) is 10.2 Å². The second kappa shape index (κ2) is 10.9. The highest BCUT2D eigenvalue weighted by Crippen LogP contribution is 2.29. The molecule has 7 heteroatoms. The molecule has 1 amide bonds. The van der Waals surface area contributed by atoms with Crippen LogP contribution in [0, 0.1) is 5.41 Å². The molecule has 0 unspecified atom stereocenters. The van der Waals surface area contributed by atoms with Crippen LogP contribution in [0.3, 0.4) is 0 Å². The molecule has 1 aromatic carbocycles. The molecule has 5 nitrogen and oxygen atoms in total. The van der Waals surface area contributed by atoms with E-state index in [1.165, 1.54) is 5.56 Å². The zero-order valence-corrected chi connectivity index (χ0v) is 16.0. The van der Waals surface area contributed by atoms with E-state index in [0.29, 0.717) is 39.1 Å². The van der Waals surface area contributed by atoms with Crippen molar-refractivity contribution in [2.45, 2.75) is 25.9 Å². The average Bonchev–Trinajstić information content (AvgIpc) is 2.53. The van der Waals surface area contributed by atoms with Gasteiger partial charge in [0, 0.05) is 32.8 Å². The largest absolute Gasteiger partial charge is 0.381 e. The molecule has 1 aliphatic rings. The predicted molar refractivity (Wildman–Crippen MR) is 102 cm³/mol. The minimum Gasteiger partial charge on any atom is -0.381 e. The van der Waals surface area contributed by atoms with Crippen molar-refractivity contribution in [3.63, 3.8) is 0 Å². The molecule has 1 saturated heterocycles. The zero-order valence-electron chi connectivity index (χ0n) is 14.4. The van der Waals surface area contributed by atoms with Crippen molar-refractivity contribution in [2.75, 3.05) is 33.9 Å². The summed E-state index contributed by atoms with van der Waals surface area (Å²) in [6, 6.07) is 8.32. The number of halogens is 2. The first-order chi connectivity index (χ1) is 10.6. The van der Waals surface area contributed by atoms with Gasteiger partial charge in [-0.15, -0.1) is 24.8 Å². The van der Waals surface area contributed by atoms with Crippen LogP contribution in [0.2, 0.25) is 0 Å². The lowest BCUT2D eigenvalue weighted by Crippen LogP contribution is -2.48. The number of carbonyl (C=O) groups excluding carboxylic acids is 1. The van der Waals surface area contributed by atoms with Gasteiger partial charge in [0.25, 0.3) is 0 Å². The monoisotopic (exact) mass is 377 g/mol. The van der Waals surface area contributed by atoms with Crippen LogP contribution in [0.15, 0.2) is 24.3 Å². The van der Waals surface area contributed by atoms with Gasteiger partial charge in [-0.05, 0) is 38.1 Å². The number of benzene rings is 1. The summed E-state index contributed by atoms with van der Waals surface area (Å²) in [5.41, 5.74) is 7.77. The number of hydrogen-bond acceptors (Lipinski definition) is 4.